The van der Waals surface area contributed by atoms with E-state index in [1.165, 1.54) is 89.0 Å². The molecule has 2 saturated carbocycles. The molecule has 19 nitrogen and oxygen atoms in total. The number of carbonyl (C=O) groups is 8. The Balaban J connectivity index is 0.000000487. The summed E-state index contributed by atoms with van der Waals surface area (Å²) in [6.07, 6.45) is 11.7. The SMILES string of the molecule is COC(=O)C1CCCC1.COC(=O)C1CCCCC1.COC(=O)C1CCCO1.COC(=O)c1cc(C)cc(C)c1.COC(=O)c1ccc(C#N)cc1.COC(=O)c1ccc(C)cc1.COC(=O)c1ccc(OC)cc1.COC(=O)c1ccccc1. The van der Waals surface area contributed by atoms with E-state index in [9.17, 15) is 38.4 Å². The number of benzene rings is 5. The predicted molar refractivity (Wildman–Crippen MR) is 318 cm³/mol. The van der Waals surface area contributed by atoms with Crippen LogP contribution in [0.1, 0.15) is 145 Å². The van der Waals surface area contributed by atoms with Gasteiger partial charge in [0.05, 0.1) is 115 Å². The Kier molecular flexibility index (Phi) is 38.1. The van der Waals surface area contributed by atoms with Crippen LogP contribution in [0.15, 0.2) is 121 Å². The van der Waals surface area contributed by atoms with Crippen molar-refractivity contribution in [3.8, 4) is 11.8 Å². The van der Waals surface area contributed by atoms with Gasteiger partial charge < -0.3 is 47.4 Å². The highest BCUT2D eigenvalue weighted by atomic mass is 16.6. The number of esters is 8. The maximum Gasteiger partial charge on any atom is 0.337 e. The summed E-state index contributed by atoms with van der Waals surface area (Å²) in [7, 11) is 12.7. The van der Waals surface area contributed by atoms with E-state index < -0.39 is 0 Å². The summed E-state index contributed by atoms with van der Waals surface area (Å²) in [5.74, 6) is -0.708. The third-order valence-electron chi connectivity index (χ3n) is 12.7. The van der Waals surface area contributed by atoms with Gasteiger partial charge in [0, 0.05) is 6.61 Å². The molecule has 19 heteroatoms. The predicted octanol–water partition coefficient (Wildman–Crippen LogP) is 11.6. The van der Waals surface area contributed by atoms with Gasteiger partial charge in [-0.15, -0.1) is 0 Å². The Labute approximate surface area is 500 Å². The zero-order valence-corrected chi connectivity index (χ0v) is 51.1. The van der Waals surface area contributed by atoms with Crippen LogP contribution in [0.25, 0.3) is 0 Å². The third kappa shape index (κ3) is 30.3. The molecule has 0 radical (unpaired) electrons. The van der Waals surface area contributed by atoms with E-state index in [2.05, 4.69) is 37.9 Å². The minimum atomic E-state index is -0.389. The standard InChI is InChI=1S/C10H12O2.C9H7NO2.C9H10O3.C9H10O2.C8H14O2.C8H8O2.C7H12O2.C6H10O3/c1-7-4-8(2)6-9(5-7)10(11)12-3;1-12-9(11)8-4-2-7(6-10)3-5-8;1-11-8-5-3-7(4-6-8)9(10)12-2;1-7-3-5-8(6-4-7)9(10)11-2;2*1-10-8(9)7-5-3-2-4-6-7;1-9-7(8)6-4-2-3-5-6;1-8-6(7)5-3-2-4-9-5/h4-6H,1-3H3;2-5H,1H3;3-6H,1-2H3;3-6H,1-2H3;7H,2-6H2,1H3;2-6H,1H3;6H,2-5H2,1H3;5H,2-4H2,1H3. The molecular weight excluding hydrogens is 1090 g/mol. The van der Waals surface area contributed by atoms with E-state index in [1.807, 2.05) is 63.2 Å². The van der Waals surface area contributed by atoms with Gasteiger partial charge in [-0.2, -0.15) is 5.26 Å². The topological polar surface area (TPSA) is 253 Å². The van der Waals surface area contributed by atoms with Crippen LogP contribution in [0.3, 0.4) is 0 Å². The number of nitriles is 1. The van der Waals surface area contributed by atoms with Crippen LogP contribution in [-0.2, 0) is 57.0 Å². The maximum atomic E-state index is 11.1. The molecule has 3 fully saturated rings. The van der Waals surface area contributed by atoms with Crippen molar-refractivity contribution < 1.29 is 85.7 Å². The van der Waals surface area contributed by atoms with E-state index in [1.54, 1.807) is 92.0 Å². The highest BCUT2D eigenvalue weighted by molar-refractivity contribution is 5.91. The minimum absolute atomic E-state index is 0.0142. The first-order chi connectivity index (χ1) is 40.8. The van der Waals surface area contributed by atoms with Crippen molar-refractivity contribution in [3.05, 3.63) is 171 Å². The summed E-state index contributed by atoms with van der Waals surface area (Å²) >= 11 is 0. The van der Waals surface area contributed by atoms with Gasteiger partial charge in [-0.3, -0.25) is 9.59 Å². The van der Waals surface area contributed by atoms with Crippen molar-refractivity contribution in [1.82, 2.24) is 0 Å². The second-order valence-corrected chi connectivity index (χ2v) is 18.9. The number of carbonyl (C=O) groups excluding carboxylic acids is 8. The highest BCUT2D eigenvalue weighted by Crippen LogP contribution is 2.26. The van der Waals surface area contributed by atoms with Crippen molar-refractivity contribution >= 4 is 47.8 Å². The number of aryl methyl sites for hydroxylation is 3. The summed E-state index contributed by atoms with van der Waals surface area (Å²) in [5, 5.41) is 8.46. The van der Waals surface area contributed by atoms with Crippen LogP contribution in [0.5, 0.6) is 5.75 Å². The molecule has 0 spiro atoms. The van der Waals surface area contributed by atoms with Gasteiger partial charge in [-0.25, -0.2) is 28.8 Å². The molecule has 85 heavy (non-hydrogen) atoms. The van der Waals surface area contributed by atoms with Crippen LogP contribution in [0.4, 0.5) is 0 Å². The quantitative estimate of drug-likeness (QED) is 0.0982. The van der Waals surface area contributed by atoms with Crippen LogP contribution < -0.4 is 4.74 Å². The molecule has 3 aliphatic rings. The molecule has 2 aliphatic carbocycles. The first-order valence-corrected chi connectivity index (χ1v) is 27.4. The normalized spacial score (nSPS) is 13.4. The van der Waals surface area contributed by atoms with Crippen LogP contribution in [0, 0.1) is 43.9 Å². The second kappa shape index (κ2) is 43.7. The summed E-state index contributed by atoms with van der Waals surface area (Å²) < 4.78 is 46.3. The van der Waals surface area contributed by atoms with Gasteiger partial charge in [0.1, 0.15) is 5.75 Å². The van der Waals surface area contributed by atoms with Gasteiger partial charge in [0.15, 0.2) is 6.10 Å². The van der Waals surface area contributed by atoms with Crippen molar-refractivity contribution in [1.29, 1.82) is 5.26 Å². The largest absolute Gasteiger partial charge is 0.497 e. The lowest BCUT2D eigenvalue weighted by atomic mass is 9.89. The molecule has 8 rings (SSSR count). The van der Waals surface area contributed by atoms with Crippen molar-refractivity contribution in [2.24, 2.45) is 11.8 Å². The summed E-state index contributed by atoms with van der Waals surface area (Å²) in [6.45, 7) is 6.58. The average Bonchev–Trinajstić information content (AvgIpc) is 4.32. The molecule has 0 N–H and O–H groups in total. The Hall–Kier alpha value is -8.89. The van der Waals surface area contributed by atoms with Crippen molar-refractivity contribution in [2.75, 3.05) is 70.6 Å². The van der Waals surface area contributed by atoms with Crippen LogP contribution in [-0.4, -0.2) is 124 Å². The molecule has 5 aromatic carbocycles. The molecule has 0 amide bonds. The fourth-order valence-corrected chi connectivity index (χ4v) is 8.08. The van der Waals surface area contributed by atoms with E-state index in [0.717, 1.165) is 61.0 Å². The summed E-state index contributed by atoms with van der Waals surface area (Å²) in [6, 6.07) is 36.8. The summed E-state index contributed by atoms with van der Waals surface area (Å²) in [5.41, 5.74) is 6.61. The molecule has 460 valence electrons. The molecule has 1 saturated heterocycles. The number of nitrogens with zero attached hydrogens (tertiary/aromatic N) is 1. The smallest absolute Gasteiger partial charge is 0.337 e. The van der Waals surface area contributed by atoms with Gasteiger partial charge in [-0.05, 0) is 144 Å². The Morgan fingerprint density at radius 1 is 0.388 bits per heavy atom. The maximum absolute atomic E-state index is 11.1. The fourth-order valence-electron chi connectivity index (χ4n) is 8.08. The fraction of sp³-hybridized carbons (Fsp3) is 0.409. The number of methoxy groups -OCH3 is 9. The van der Waals surface area contributed by atoms with Gasteiger partial charge in [0.2, 0.25) is 0 Å². The van der Waals surface area contributed by atoms with E-state index in [-0.39, 0.29) is 65.7 Å². The first kappa shape index (κ1) is 74.1. The number of rotatable bonds is 9. The average molecular weight is 1180 g/mol. The molecular formula is C66H83NO18. The number of hydrogen-bond acceptors (Lipinski definition) is 19. The monoisotopic (exact) mass is 1180 g/mol. The number of hydrogen-bond donors (Lipinski definition) is 0. The zero-order valence-electron chi connectivity index (χ0n) is 51.1. The molecule has 1 atom stereocenters. The highest BCUT2D eigenvalue weighted by Gasteiger charge is 2.24. The molecule has 1 unspecified atom stereocenters. The van der Waals surface area contributed by atoms with Crippen molar-refractivity contribution in [3.63, 3.8) is 0 Å². The number of ether oxygens (including phenoxy) is 10. The van der Waals surface area contributed by atoms with Crippen LogP contribution in [0.2, 0.25) is 0 Å². The van der Waals surface area contributed by atoms with Gasteiger partial charge >= 0.3 is 47.8 Å². The minimum Gasteiger partial charge on any atom is -0.497 e. The lowest BCUT2D eigenvalue weighted by Crippen LogP contribution is -2.20. The molecule has 0 bridgehead atoms. The molecule has 5 aromatic rings. The Morgan fingerprint density at radius 2 is 0.753 bits per heavy atom. The zero-order chi connectivity index (χ0) is 63.5. The van der Waals surface area contributed by atoms with Gasteiger partial charge in [0.25, 0.3) is 0 Å². The Morgan fingerprint density at radius 3 is 1.11 bits per heavy atom. The lowest BCUT2D eigenvalue weighted by Gasteiger charge is -2.18. The van der Waals surface area contributed by atoms with Crippen LogP contribution >= 0.6 is 0 Å². The van der Waals surface area contributed by atoms with E-state index >= 15 is 0 Å². The Bertz CT molecular complexity index is 2760. The summed E-state index contributed by atoms with van der Waals surface area (Å²) in [4.78, 5) is 87.1. The van der Waals surface area contributed by atoms with Gasteiger partial charge in [-0.1, -0.05) is 85.2 Å². The van der Waals surface area contributed by atoms with E-state index in [0.29, 0.717) is 40.0 Å². The molecule has 0 aromatic heterocycles. The molecule has 1 heterocycles. The first-order valence-electron chi connectivity index (χ1n) is 27.4. The third-order valence-corrected chi connectivity index (χ3v) is 12.7. The van der Waals surface area contributed by atoms with Crippen molar-refractivity contribution in [2.45, 2.75) is 97.5 Å². The second-order valence-electron chi connectivity index (χ2n) is 18.9. The van der Waals surface area contributed by atoms with E-state index in [4.69, 9.17) is 14.7 Å². The lowest BCUT2D eigenvalue weighted by molar-refractivity contribution is -0.151. The molecule has 1 aliphatic heterocycles.